The molecule has 0 radical (unpaired) electrons. The summed E-state index contributed by atoms with van der Waals surface area (Å²) in [7, 11) is -0.807. The Balaban J connectivity index is 3.37. The van der Waals surface area contributed by atoms with Crippen LogP contribution in [0.1, 0.15) is 20.3 Å². The van der Waals surface area contributed by atoms with E-state index in [2.05, 4.69) is 5.32 Å². The van der Waals surface area contributed by atoms with Crippen molar-refractivity contribution >= 4 is 16.8 Å². The van der Waals surface area contributed by atoms with Gasteiger partial charge in [0.2, 0.25) is 0 Å². The van der Waals surface area contributed by atoms with Crippen LogP contribution in [-0.4, -0.2) is 41.4 Å². The molecule has 0 aliphatic heterocycles. The zero-order chi connectivity index (χ0) is 11.0. The zero-order valence-corrected chi connectivity index (χ0v) is 9.86. The first kappa shape index (κ1) is 13.6. The van der Waals surface area contributed by atoms with Crippen LogP contribution in [0.2, 0.25) is 0 Å². The summed E-state index contributed by atoms with van der Waals surface area (Å²) in [4.78, 5) is 10.9. The van der Waals surface area contributed by atoms with Crippen LogP contribution in [0.25, 0.3) is 0 Å². The number of carbonyl (C=O) groups excluding carboxylic acids is 1. The van der Waals surface area contributed by atoms with Gasteiger partial charge in [0, 0.05) is 35.4 Å². The molecule has 2 unspecified atom stereocenters. The second-order valence-electron chi connectivity index (χ2n) is 3.07. The fourth-order valence-electron chi connectivity index (χ4n) is 0.846. The molecule has 0 aromatic rings. The molecular weight excluding hydrogens is 202 g/mol. The molecule has 0 saturated heterocycles. The van der Waals surface area contributed by atoms with Gasteiger partial charge >= 0.3 is 5.97 Å². The quantitative estimate of drug-likeness (QED) is 0.496. The van der Waals surface area contributed by atoms with Gasteiger partial charge in [0.25, 0.3) is 0 Å². The highest BCUT2D eigenvalue weighted by Gasteiger charge is 2.05. The highest BCUT2D eigenvalue weighted by atomic mass is 32.2. The largest absolute Gasteiger partial charge is 0.466 e. The molecule has 0 bridgehead atoms. The first-order valence-corrected chi connectivity index (χ1v) is 6.38. The van der Waals surface area contributed by atoms with E-state index in [1.165, 1.54) is 0 Å². The van der Waals surface area contributed by atoms with Gasteiger partial charge in [-0.3, -0.25) is 9.00 Å². The van der Waals surface area contributed by atoms with Crippen LogP contribution >= 0.6 is 0 Å². The summed E-state index contributed by atoms with van der Waals surface area (Å²) in [5.74, 6) is -0.190. The van der Waals surface area contributed by atoms with Crippen LogP contribution in [-0.2, 0) is 20.3 Å². The van der Waals surface area contributed by atoms with Crippen molar-refractivity contribution < 1.29 is 13.7 Å². The number of hydrogen-bond donors (Lipinski definition) is 1. The van der Waals surface area contributed by atoms with Crippen molar-refractivity contribution in [2.45, 2.75) is 25.5 Å². The number of rotatable bonds is 7. The molecular formula is C9H19NO3S. The fraction of sp³-hybridized carbons (Fsp3) is 0.889. The van der Waals surface area contributed by atoms with Crippen molar-refractivity contribution in [3.05, 3.63) is 0 Å². The lowest BCUT2D eigenvalue weighted by atomic mass is 10.4. The molecule has 0 aromatic carbocycles. The van der Waals surface area contributed by atoms with E-state index in [-0.39, 0.29) is 11.2 Å². The normalized spacial score (nSPS) is 14.8. The molecule has 4 nitrogen and oxygen atoms in total. The van der Waals surface area contributed by atoms with Gasteiger partial charge in [0.15, 0.2) is 0 Å². The minimum absolute atomic E-state index is 0.122. The van der Waals surface area contributed by atoms with Gasteiger partial charge in [-0.1, -0.05) is 0 Å². The van der Waals surface area contributed by atoms with E-state index in [0.717, 1.165) is 0 Å². The van der Waals surface area contributed by atoms with Crippen LogP contribution in [0, 0.1) is 0 Å². The average Bonchev–Trinajstić information content (AvgIpc) is 2.12. The highest BCUT2D eigenvalue weighted by molar-refractivity contribution is 7.84. The Morgan fingerprint density at radius 2 is 2.21 bits per heavy atom. The summed E-state index contributed by atoms with van der Waals surface area (Å²) in [6.45, 7) is 5.37. The maximum atomic E-state index is 11.0. The molecule has 0 rings (SSSR count). The van der Waals surface area contributed by atoms with E-state index in [0.29, 0.717) is 26.1 Å². The van der Waals surface area contributed by atoms with Crippen molar-refractivity contribution in [3.8, 4) is 0 Å². The SMILES string of the molecule is CCOC(=O)CCNCC(C)S(C)=O. The van der Waals surface area contributed by atoms with E-state index < -0.39 is 10.8 Å². The van der Waals surface area contributed by atoms with Crippen molar-refractivity contribution in [1.82, 2.24) is 5.32 Å². The van der Waals surface area contributed by atoms with Crippen LogP contribution in [0.3, 0.4) is 0 Å². The number of carbonyl (C=O) groups is 1. The molecule has 2 atom stereocenters. The first-order valence-electron chi connectivity index (χ1n) is 4.76. The van der Waals surface area contributed by atoms with Crippen molar-refractivity contribution in [2.24, 2.45) is 0 Å². The van der Waals surface area contributed by atoms with Crippen LogP contribution in [0.15, 0.2) is 0 Å². The molecule has 5 heteroatoms. The first-order chi connectivity index (χ1) is 6.57. The van der Waals surface area contributed by atoms with Crippen LogP contribution in [0.5, 0.6) is 0 Å². The average molecular weight is 221 g/mol. The summed E-state index contributed by atoms with van der Waals surface area (Å²) < 4.78 is 15.7. The van der Waals surface area contributed by atoms with E-state index in [1.54, 1.807) is 13.2 Å². The summed E-state index contributed by atoms with van der Waals surface area (Å²) in [5.41, 5.74) is 0. The Morgan fingerprint density at radius 1 is 1.57 bits per heavy atom. The molecule has 0 fully saturated rings. The predicted octanol–water partition coefficient (Wildman–Crippen LogP) is 0.296. The topological polar surface area (TPSA) is 55.4 Å². The molecule has 0 aliphatic rings. The number of ether oxygens (including phenoxy) is 1. The fourth-order valence-corrected chi connectivity index (χ4v) is 1.20. The van der Waals surface area contributed by atoms with Crippen LogP contribution in [0.4, 0.5) is 0 Å². The van der Waals surface area contributed by atoms with E-state index in [9.17, 15) is 9.00 Å². The molecule has 0 aliphatic carbocycles. The lowest BCUT2D eigenvalue weighted by molar-refractivity contribution is -0.142. The van der Waals surface area contributed by atoms with Crippen molar-refractivity contribution in [3.63, 3.8) is 0 Å². The molecule has 14 heavy (non-hydrogen) atoms. The molecule has 0 saturated carbocycles. The number of esters is 1. The summed E-state index contributed by atoms with van der Waals surface area (Å²) in [6.07, 6.45) is 2.05. The smallest absolute Gasteiger partial charge is 0.307 e. The summed E-state index contributed by atoms with van der Waals surface area (Å²) in [5, 5.41) is 3.18. The third-order valence-electron chi connectivity index (χ3n) is 1.81. The Labute approximate surface area is 87.9 Å². The maximum absolute atomic E-state index is 11.0. The minimum Gasteiger partial charge on any atom is -0.466 e. The second-order valence-corrected chi connectivity index (χ2v) is 4.87. The zero-order valence-electron chi connectivity index (χ0n) is 9.04. The molecule has 0 amide bonds. The molecule has 0 spiro atoms. The lowest BCUT2D eigenvalue weighted by Gasteiger charge is -2.09. The maximum Gasteiger partial charge on any atom is 0.307 e. The molecule has 0 heterocycles. The number of nitrogens with one attached hydrogen (secondary N) is 1. The monoisotopic (exact) mass is 221 g/mol. The Kier molecular flexibility index (Phi) is 7.70. The van der Waals surface area contributed by atoms with Crippen LogP contribution < -0.4 is 5.32 Å². The predicted molar refractivity (Wildman–Crippen MR) is 57.6 cm³/mol. The summed E-state index contributed by atoms with van der Waals surface area (Å²) in [6, 6.07) is 0. The highest BCUT2D eigenvalue weighted by Crippen LogP contribution is 1.90. The van der Waals surface area contributed by atoms with Crippen molar-refractivity contribution in [1.29, 1.82) is 0 Å². The van der Waals surface area contributed by atoms with Gasteiger partial charge in [0.05, 0.1) is 13.0 Å². The second kappa shape index (κ2) is 7.94. The lowest BCUT2D eigenvalue weighted by Crippen LogP contribution is -2.29. The third-order valence-corrected chi connectivity index (χ3v) is 3.11. The standard InChI is InChI=1S/C9H19NO3S/c1-4-13-9(11)5-6-10-7-8(2)14(3)12/h8,10H,4-7H2,1-3H3. The number of hydrogen-bond acceptors (Lipinski definition) is 4. The van der Waals surface area contributed by atoms with E-state index in [4.69, 9.17) is 4.74 Å². The molecule has 84 valence electrons. The van der Waals surface area contributed by atoms with E-state index in [1.807, 2.05) is 6.92 Å². The third kappa shape index (κ3) is 7.03. The summed E-state index contributed by atoms with van der Waals surface area (Å²) >= 11 is 0. The Morgan fingerprint density at radius 3 is 2.71 bits per heavy atom. The van der Waals surface area contributed by atoms with Gasteiger partial charge in [-0.2, -0.15) is 0 Å². The van der Waals surface area contributed by atoms with E-state index >= 15 is 0 Å². The van der Waals surface area contributed by atoms with Gasteiger partial charge in [-0.15, -0.1) is 0 Å². The van der Waals surface area contributed by atoms with Crippen molar-refractivity contribution in [2.75, 3.05) is 26.0 Å². The molecule has 0 aromatic heterocycles. The van der Waals surface area contributed by atoms with Gasteiger partial charge < -0.3 is 10.1 Å². The Bertz CT molecular complexity index is 196. The van der Waals surface area contributed by atoms with Gasteiger partial charge in [0.1, 0.15) is 0 Å². The molecule has 1 N–H and O–H groups in total. The minimum atomic E-state index is -0.807. The van der Waals surface area contributed by atoms with Gasteiger partial charge in [-0.05, 0) is 13.8 Å². The Hall–Kier alpha value is -0.420. The van der Waals surface area contributed by atoms with Gasteiger partial charge in [-0.25, -0.2) is 0 Å².